The number of H-pyrrole nitrogens is 2. The molecule has 2 aliphatic heterocycles. The van der Waals surface area contributed by atoms with Gasteiger partial charge >= 0.3 is 0 Å². The normalized spacial score (nSPS) is 13.0. The van der Waals surface area contributed by atoms with Crippen LogP contribution in [0.5, 0.6) is 0 Å². The summed E-state index contributed by atoms with van der Waals surface area (Å²) >= 11 is 1.75. The van der Waals surface area contributed by atoms with E-state index in [0.717, 1.165) is 94.9 Å². The van der Waals surface area contributed by atoms with Gasteiger partial charge in [-0.1, -0.05) is 150 Å². The van der Waals surface area contributed by atoms with Crippen molar-refractivity contribution >= 4 is 58.1 Å². The van der Waals surface area contributed by atoms with Crippen molar-refractivity contribution in [2.75, 3.05) is 6.26 Å². The van der Waals surface area contributed by atoms with Crippen LogP contribution in [-0.4, -0.2) is 26.2 Å². The summed E-state index contributed by atoms with van der Waals surface area (Å²) in [6, 6.07) is 40.2. The molecular formula is C63H64N4S. The number of hydrogen-bond acceptors (Lipinski definition) is 3. The van der Waals surface area contributed by atoms with Crippen molar-refractivity contribution in [2.45, 2.75) is 110 Å². The number of fused-ring (bicyclic) bond motifs is 8. The molecule has 4 nitrogen and oxygen atoms in total. The number of rotatable bonds is 5. The zero-order chi connectivity index (χ0) is 48.5. The monoisotopic (exact) mass is 908 g/mol. The van der Waals surface area contributed by atoms with Gasteiger partial charge in [0.2, 0.25) is 0 Å². The van der Waals surface area contributed by atoms with Crippen LogP contribution in [0.15, 0.2) is 114 Å². The number of thioether (sulfide) groups is 1. The molecule has 0 saturated carbocycles. The lowest BCUT2D eigenvalue weighted by atomic mass is 9.78. The zero-order valence-corrected chi connectivity index (χ0v) is 42.9. The molecule has 68 heavy (non-hydrogen) atoms. The molecule has 5 heteroatoms. The van der Waals surface area contributed by atoms with E-state index in [-0.39, 0.29) is 21.7 Å². The summed E-state index contributed by atoms with van der Waals surface area (Å²) in [5, 5.41) is 0. The van der Waals surface area contributed by atoms with Crippen molar-refractivity contribution in [3.8, 4) is 56.9 Å². The molecule has 0 fully saturated rings. The quantitative estimate of drug-likeness (QED) is 0.134. The van der Waals surface area contributed by atoms with E-state index in [2.05, 4.69) is 227 Å². The lowest BCUT2D eigenvalue weighted by Gasteiger charge is -2.26. The Bertz CT molecular complexity index is 3250. The Morgan fingerprint density at radius 1 is 0.397 bits per heavy atom. The average Bonchev–Trinajstić information content (AvgIpc) is 4.14. The fraction of sp³-hybridized carbons (Fsp3) is 0.270. The molecule has 0 spiro atoms. The second-order valence-electron chi connectivity index (χ2n) is 22.6. The molecule has 0 aliphatic carbocycles. The number of terminal acetylenes is 1. The molecule has 4 aromatic carbocycles. The molecule has 0 saturated heterocycles. The number of nitrogens with one attached hydrogen (secondary N) is 2. The van der Waals surface area contributed by atoms with Crippen LogP contribution in [0.3, 0.4) is 0 Å². The second kappa shape index (κ2) is 17.2. The van der Waals surface area contributed by atoms with Gasteiger partial charge in [-0.3, -0.25) is 0 Å². The van der Waals surface area contributed by atoms with E-state index in [1.54, 1.807) is 11.8 Å². The third-order valence-corrected chi connectivity index (χ3v) is 14.1. The molecule has 0 radical (unpaired) electrons. The van der Waals surface area contributed by atoms with Crippen LogP contribution in [0.4, 0.5) is 0 Å². The van der Waals surface area contributed by atoms with Gasteiger partial charge in [0.15, 0.2) is 0 Å². The van der Waals surface area contributed by atoms with Crippen molar-refractivity contribution in [2.24, 2.45) is 0 Å². The van der Waals surface area contributed by atoms with Gasteiger partial charge in [0.1, 0.15) is 0 Å². The first-order valence-corrected chi connectivity index (χ1v) is 25.0. The number of hydrogen-bond donors (Lipinski definition) is 2. The first-order valence-electron chi connectivity index (χ1n) is 23.8. The minimum absolute atomic E-state index is 0.0828. The molecule has 8 bridgehead atoms. The highest BCUT2D eigenvalue weighted by Gasteiger charge is 2.26. The fourth-order valence-corrected chi connectivity index (χ4v) is 9.60. The van der Waals surface area contributed by atoms with Crippen molar-refractivity contribution in [3.63, 3.8) is 0 Å². The number of benzene rings is 4. The topological polar surface area (TPSA) is 57.4 Å². The van der Waals surface area contributed by atoms with Gasteiger partial charge in [0.05, 0.1) is 22.8 Å². The third kappa shape index (κ3) is 9.07. The zero-order valence-electron chi connectivity index (χ0n) is 42.1. The van der Waals surface area contributed by atoms with Crippen LogP contribution in [-0.2, 0) is 21.7 Å². The van der Waals surface area contributed by atoms with E-state index in [1.165, 1.54) is 27.1 Å². The van der Waals surface area contributed by atoms with Gasteiger partial charge in [-0.25, -0.2) is 9.97 Å². The summed E-state index contributed by atoms with van der Waals surface area (Å²) in [7, 11) is 0. The van der Waals surface area contributed by atoms with E-state index >= 15 is 0 Å². The summed E-state index contributed by atoms with van der Waals surface area (Å²) in [4.78, 5) is 20.4. The minimum Gasteiger partial charge on any atom is -0.354 e. The van der Waals surface area contributed by atoms with Gasteiger partial charge in [-0.15, -0.1) is 18.2 Å². The lowest BCUT2D eigenvalue weighted by Crippen LogP contribution is -2.16. The van der Waals surface area contributed by atoms with Gasteiger partial charge in [-0.05, 0) is 145 Å². The Hall–Kier alpha value is -6.61. The highest BCUT2D eigenvalue weighted by Crippen LogP contribution is 2.42. The number of aromatic amines is 2. The Morgan fingerprint density at radius 2 is 0.691 bits per heavy atom. The minimum atomic E-state index is -0.0828. The second-order valence-corrected chi connectivity index (χ2v) is 23.4. The van der Waals surface area contributed by atoms with Crippen molar-refractivity contribution in [1.82, 2.24) is 19.9 Å². The summed E-state index contributed by atoms with van der Waals surface area (Å²) in [5.41, 5.74) is 21.5. The molecular weight excluding hydrogens is 845 g/mol. The Labute approximate surface area is 408 Å². The van der Waals surface area contributed by atoms with E-state index in [4.69, 9.17) is 16.4 Å². The summed E-state index contributed by atoms with van der Waals surface area (Å²) in [5.74, 6) is 2.81. The van der Waals surface area contributed by atoms with Gasteiger partial charge < -0.3 is 9.97 Å². The Balaban J connectivity index is 1.49. The lowest BCUT2D eigenvalue weighted by molar-refractivity contribution is 0.568. The molecule has 2 aliphatic rings. The van der Waals surface area contributed by atoms with E-state index in [0.29, 0.717) is 0 Å². The number of nitrogens with zero attached hydrogens (tertiary/aromatic N) is 2. The highest BCUT2D eigenvalue weighted by atomic mass is 32.2. The van der Waals surface area contributed by atoms with Crippen molar-refractivity contribution < 1.29 is 0 Å². The maximum absolute atomic E-state index is 5.90. The van der Waals surface area contributed by atoms with Gasteiger partial charge in [-0.2, -0.15) is 0 Å². The van der Waals surface area contributed by atoms with Crippen LogP contribution < -0.4 is 0 Å². The fourth-order valence-electron chi connectivity index (χ4n) is 9.19. The summed E-state index contributed by atoms with van der Waals surface area (Å²) in [6.07, 6.45) is 16.8. The Morgan fingerprint density at radius 3 is 0.971 bits per heavy atom. The Kier molecular flexibility index (Phi) is 11.7. The largest absolute Gasteiger partial charge is 0.354 e. The van der Waals surface area contributed by atoms with Gasteiger partial charge in [0, 0.05) is 54.8 Å². The maximum atomic E-state index is 5.90. The van der Waals surface area contributed by atoms with Crippen LogP contribution in [0, 0.1) is 12.3 Å². The standard InChI is InChI=1S/C63H64N4S/c1-15-38-16-18-39(19-17-38)56-48-24-28-52(64-48)58(41-32-43(60(2,3)4)36-44(33-41)61(5,6)7)54-30-26-50(66-54)57(40-20-22-47(68-14)23-21-40)51-27-31-55(67-51)59(53-29-25-49(56)65-53)42-34-45(62(8,9)10)37-46(35-42)63(11,12)13/h1,16-37,64,67H,2-14H3. The SMILES string of the molecule is C#Cc1ccc(-c2c3nc(c(-c4cc(C(C)(C)C)cc(C(C)(C)C)c4)c4ccc([nH]4)c(-c4ccc(SC)cc4)c4nc(c(-c5cc(C(C)(C)C)cc(C(C)(C)C)c5)c5ccc2[nH]5)C=C4)C=C3)cc1. The van der Waals surface area contributed by atoms with Crippen molar-refractivity contribution in [3.05, 3.63) is 160 Å². The summed E-state index contributed by atoms with van der Waals surface area (Å²) in [6.45, 7) is 27.5. The van der Waals surface area contributed by atoms with Crippen LogP contribution in [0.2, 0.25) is 0 Å². The molecule has 7 aromatic rings. The van der Waals surface area contributed by atoms with Crippen LogP contribution in [0.25, 0.3) is 90.9 Å². The first-order chi connectivity index (χ1) is 32.1. The molecule has 0 unspecified atom stereocenters. The van der Waals surface area contributed by atoms with E-state index in [9.17, 15) is 0 Å². The van der Waals surface area contributed by atoms with E-state index in [1.807, 2.05) is 12.1 Å². The molecule has 0 amide bonds. The van der Waals surface area contributed by atoms with Crippen LogP contribution >= 0.6 is 11.8 Å². The van der Waals surface area contributed by atoms with Gasteiger partial charge in [0.25, 0.3) is 0 Å². The molecule has 342 valence electrons. The molecule has 0 atom stereocenters. The smallest absolute Gasteiger partial charge is 0.0737 e. The molecule has 5 heterocycles. The highest BCUT2D eigenvalue weighted by molar-refractivity contribution is 7.98. The predicted octanol–water partition coefficient (Wildman–Crippen LogP) is 17.2. The third-order valence-electron chi connectivity index (χ3n) is 13.4. The summed E-state index contributed by atoms with van der Waals surface area (Å²) < 4.78 is 0. The first kappa shape index (κ1) is 46.5. The van der Waals surface area contributed by atoms with Crippen LogP contribution in [0.1, 0.15) is 134 Å². The van der Waals surface area contributed by atoms with Crippen molar-refractivity contribution in [1.29, 1.82) is 0 Å². The number of aromatic nitrogens is 4. The van der Waals surface area contributed by atoms with E-state index < -0.39 is 0 Å². The predicted molar refractivity (Wildman–Crippen MR) is 295 cm³/mol. The molecule has 3 aromatic heterocycles. The molecule has 9 rings (SSSR count). The average molecular weight is 909 g/mol. The maximum Gasteiger partial charge on any atom is 0.0737 e. The molecule has 2 N–H and O–H groups in total.